The smallest absolute Gasteiger partial charge is 0.244 e. The number of hydrogen-bond donors (Lipinski definition) is 2. The van der Waals surface area contributed by atoms with Gasteiger partial charge in [0.2, 0.25) is 5.91 Å². The van der Waals surface area contributed by atoms with Gasteiger partial charge in [-0.1, -0.05) is 36.4 Å². The number of amides is 1. The van der Waals surface area contributed by atoms with Crippen molar-refractivity contribution in [2.45, 2.75) is 24.9 Å². The van der Waals surface area contributed by atoms with E-state index in [1.165, 1.54) is 6.08 Å². The van der Waals surface area contributed by atoms with Gasteiger partial charge in [0.25, 0.3) is 0 Å². The lowest BCUT2D eigenvalue weighted by molar-refractivity contribution is -0.118. The van der Waals surface area contributed by atoms with Gasteiger partial charge in [-0.3, -0.25) is 4.79 Å². The van der Waals surface area contributed by atoms with Crippen molar-refractivity contribution in [1.82, 2.24) is 5.32 Å². The van der Waals surface area contributed by atoms with Crippen LogP contribution in [-0.2, 0) is 16.8 Å². The van der Waals surface area contributed by atoms with Crippen molar-refractivity contribution >= 4 is 12.0 Å². The fourth-order valence-corrected chi connectivity index (χ4v) is 3.28. The molecule has 0 spiro atoms. The molecule has 130 valence electrons. The van der Waals surface area contributed by atoms with Gasteiger partial charge in [0, 0.05) is 6.08 Å². The molecule has 0 radical (unpaired) electrons. The highest BCUT2D eigenvalue weighted by molar-refractivity contribution is 5.91. The summed E-state index contributed by atoms with van der Waals surface area (Å²) in [5.41, 5.74) is 1.90. The van der Waals surface area contributed by atoms with Gasteiger partial charge in [0.15, 0.2) is 0 Å². The Morgan fingerprint density at radius 3 is 2.84 bits per heavy atom. The Morgan fingerprint density at radius 1 is 1.28 bits per heavy atom. The van der Waals surface area contributed by atoms with Crippen molar-refractivity contribution in [3.8, 4) is 5.75 Å². The summed E-state index contributed by atoms with van der Waals surface area (Å²) in [5.74, 6) is 0.579. The summed E-state index contributed by atoms with van der Waals surface area (Å²) in [6.45, 7) is 0.199. The topological polar surface area (TPSA) is 58.6 Å². The molecule has 2 aromatic carbocycles. The molecule has 1 aliphatic rings. The summed E-state index contributed by atoms with van der Waals surface area (Å²) in [4.78, 5) is 12.1. The second-order valence-corrected chi connectivity index (χ2v) is 6.37. The summed E-state index contributed by atoms with van der Waals surface area (Å²) < 4.78 is 5.26. The number of carbonyl (C=O) groups excluding carboxylic acids is 1. The molecule has 3 rings (SSSR count). The highest BCUT2D eigenvalue weighted by atomic mass is 16.5. The van der Waals surface area contributed by atoms with E-state index in [2.05, 4.69) is 5.32 Å². The first-order valence-electron chi connectivity index (χ1n) is 8.51. The molecule has 1 aliphatic carbocycles. The van der Waals surface area contributed by atoms with E-state index >= 15 is 0 Å². The first kappa shape index (κ1) is 17.2. The van der Waals surface area contributed by atoms with Gasteiger partial charge >= 0.3 is 0 Å². The fraction of sp³-hybridized carbons (Fsp3) is 0.286. The lowest BCUT2D eigenvalue weighted by Gasteiger charge is -2.34. The van der Waals surface area contributed by atoms with Crippen molar-refractivity contribution in [1.29, 1.82) is 0 Å². The fourth-order valence-electron chi connectivity index (χ4n) is 3.28. The van der Waals surface area contributed by atoms with Gasteiger partial charge in [-0.05, 0) is 54.2 Å². The van der Waals surface area contributed by atoms with Crippen LogP contribution in [0.1, 0.15) is 29.5 Å². The van der Waals surface area contributed by atoms with Crippen molar-refractivity contribution in [2.24, 2.45) is 0 Å². The molecule has 0 saturated carbocycles. The third-order valence-corrected chi connectivity index (χ3v) is 4.63. The zero-order chi connectivity index (χ0) is 17.7. The van der Waals surface area contributed by atoms with Crippen LogP contribution in [0.5, 0.6) is 5.75 Å². The maximum atomic E-state index is 12.1. The van der Waals surface area contributed by atoms with E-state index in [9.17, 15) is 9.90 Å². The molecule has 25 heavy (non-hydrogen) atoms. The zero-order valence-electron chi connectivity index (χ0n) is 14.4. The zero-order valence-corrected chi connectivity index (χ0v) is 14.4. The molecule has 1 amide bonds. The highest BCUT2D eigenvalue weighted by Gasteiger charge is 2.34. The Bertz CT molecular complexity index is 770. The Hall–Kier alpha value is -2.59. The maximum absolute atomic E-state index is 12.1. The van der Waals surface area contributed by atoms with Crippen molar-refractivity contribution < 1.29 is 14.6 Å². The Labute approximate surface area is 148 Å². The van der Waals surface area contributed by atoms with Crippen LogP contribution in [0.15, 0.2) is 54.6 Å². The number of fused-ring (bicyclic) bond motifs is 1. The van der Waals surface area contributed by atoms with Gasteiger partial charge in [-0.2, -0.15) is 0 Å². The van der Waals surface area contributed by atoms with Crippen LogP contribution in [0.3, 0.4) is 0 Å². The van der Waals surface area contributed by atoms with Gasteiger partial charge in [0.1, 0.15) is 11.4 Å². The molecular formula is C21H23NO3. The average molecular weight is 337 g/mol. The van der Waals surface area contributed by atoms with Gasteiger partial charge in [-0.25, -0.2) is 0 Å². The number of carbonyl (C=O) groups is 1. The largest absolute Gasteiger partial charge is 0.497 e. The molecule has 0 aromatic heterocycles. The maximum Gasteiger partial charge on any atom is 0.244 e. The third kappa shape index (κ3) is 4.09. The molecule has 0 aliphatic heterocycles. The number of rotatable bonds is 5. The highest BCUT2D eigenvalue weighted by Crippen LogP contribution is 2.36. The van der Waals surface area contributed by atoms with E-state index in [0.29, 0.717) is 6.42 Å². The minimum absolute atomic E-state index is 0.199. The SMILES string of the molecule is COc1ccc2c(c1)CCC[C@@]2(O)CNC(=O)/C=C/c1ccccc1. The summed E-state index contributed by atoms with van der Waals surface area (Å²) in [7, 11) is 1.63. The van der Waals surface area contributed by atoms with E-state index in [-0.39, 0.29) is 12.5 Å². The van der Waals surface area contributed by atoms with Crippen LogP contribution in [-0.4, -0.2) is 24.7 Å². The first-order chi connectivity index (χ1) is 12.1. The molecule has 0 bridgehead atoms. The Morgan fingerprint density at radius 2 is 2.08 bits per heavy atom. The number of ether oxygens (including phenoxy) is 1. The first-order valence-corrected chi connectivity index (χ1v) is 8.51. The summed E-state index contributed by atoms with van der Waals surface area (Å²) in [6.07, 6.45) is 5.69. The minimum atomic E-state index is -1.03. The lowest BCUT2D eigenvalue weighted by atomic mass is 9.79. The van der Waals surface area contributed by atoms with Crippen LogP contribution in [0, 0.1) is 0 Å². The number of aliphatic hydroxyl groups is 1. The van der Waals surface area contributed by atoms with E-state index in [0.717, 1.165) is 35.3 Å². The monoisotopic (exact) mass is 337 g/mol. The van der Waals surface area contributed by atoms with Gasteiger partial charge < -0.3 is 15.2 Å². The van der Waals surface area contributed by atoms with Crippen LogP contribution < -0.4 is 10.1 Å². The molecule has 0 saturated heterocycles. The van der Waals surface area contributed by atoms with Gasteiger partial charge in [0.05, 0.1) is 13.7 Å². The molecule has 0 heterocycles. The van der Waals surface area contributed by atoms with Crippen LogP contribution >= 0.6 is 0 Å². The standard InChI is InChI=1S/C21H23NO3/c1-25-18-10-11-19-17(14-18)8-5-13-21(19,24)15-22-20(23)12-9-16-6-3-2-4-7-16/h2-4,6-7,9-12,14,24H,5,8,13,15H2,1H3,(H,22,23)/b12-9+/t21-/m1/s1. The molecule has 2 N–H and O–H groups in total. The van der Waals surface area contributed by atoms with Crippen molar-refractivity contribution in [2.75, 3.05) is 13.7 Å². The second-order valence-electron chi connectivity index (χ2n) is 6.37. The molecule has 2 aromatic rings. The quantitative estimate of drug-likeness (QED) is 0.825. The number of benzene rings is 2. The number of aryl methyl sites for hydroxylation is 1. The number of hydrogen-bond acceptors (Lipinski definition) is 3. The van der Waals surface area contributed by atoms with E-state index in [4.69, 9.17) is 4.74 Å². The molecular weight excluding hydrogens is 314 g/mol. The van der Waals surface area contributed by atoms with Crippen molar-refractivity contribution in [3.63, 3.8) is 0 Å². The number of nitrogens with one attached hydrogen (secondary N) is 1. The molecule has 0 fully saturated rings. The van der Waals surface area contributed by atoms with Crippen LogP contribution in [0.25, 0.3) is 6.08 Å². The van der Waals surface area contributed by atoms with Crippen LogP contribution in [0.2, 0.25) is 0 Å². The Kier molecular flexibility index (Phi) is 5.19. The van der Waals surface area contributed by atoms with Crippen molar-refractivity contribution in [3.05, 3.63) is 71.3 Å². The third-order valence-electron chi connectivity index (χ3n) is 4.63. The molecule has 4 heteroatoms. The summed E-state index contributed by atoms with van der Waals surface area (Å²) in [6, 6.07) is 15.4. The van der Waals surface area contributed by atoms with E-state index < -0.39 is 5.60 Å². The molecule has 0 unspecified atom stereocenters. The summed E-state index contributed by atoms with van der Waals surface area (Å²) >= 11 is 0. The van der Waals surface area contributed by atoms with E-state index in [1.54, 1.807) is 13.2 Å². The predicted octanol–water partition coefficient (Wildman–Crippen LogP) is 3.05. The van der Waals surface area contributed by atoms with Crippen LogP contribution in [0.4, 0.5) is 0 Å². The van der Waals surface area contributed by atoms with Gasteiger partial charge in [-0.15, -0.1) is 0 Å². The second kappa shape index (κ2) is 7.53. The van der Waals surface area contributed by atoms with E-state index in [1.807, 2.05) is 48.5 Å². The molecule has 1 atom stereocenters. The normalized spacial score (nSPS) is 19.4. The minimum Gasteiger partial charge on any atom is -0.497 e. The lowest BCUT2D eigenvalue weighted by Crippen LogP contribution is -2.42. The predicted molar refractivity (Wildman–Crippen MR) is 98.3 cm³/mol. The number of methoxy groups -OCH3 is 1. The molecule has 4 nitrogen and oxygen atoms in total. The summed E-state index contributed by atoms with van der Waals surface area (Å²) in [5, 5.41) is 13.9. The average Bonchev–Trinajstić information content (AvgIpc) is 2.65. The Balaban J connectivity index is 1.67.